The Morgan fingerprint density at radius 1 is 1.25 bits per heavy atom. The summed E-state index contributed by atoms with van der Waals surface area (Å²) in [5.74, 6) is 0.272. The zero-order valence-corrected chi connectivity index (χ0v) is 9.96. The summed E-state index contributed by atoms with van der Waals surface area (Å²) >= 11 is 0. The highest BCUT2D eigenvalue weighted by atomic mass is 16.1. The van der Waals surface area contributed by atoms with Crippen molar-refractivity contribution >= 4 is 5.78 Å². The van der Waals surface area contributed by atoms with Gasteiger partial charge in [0.25, 0.3) is 0 Å². The summed E-state index contributed by atoms with van der Waals surface area (Å²) < 4.78 is 0. The van der Waals surface area contributed by atoms with Gasteiger partial charge in [-0.3, -0.25) is 9.78 Å². The molecule has 2 nitrogen and oxygen atoms in total. The first-order valence-electron chi connectivity index (χ1n) is 6.33. The molecule has 16 heavy (non-hydrogen) atoms. The number of carbonyl (C=O) groups is 1. The number of pyridine rings is 1. The van der Waals surface area contributed by atoms with Crippen LogP contribution >= 0.6 is 0 Å². The van der Waals surface area contributed by atoms with Gasteiger partial charge in [0.1, 0.15) is 0 Å². The summed E-state index contributed by atoms with van der Waals surface area (Å²) in [5, 5.41) is 0. The van der Waals surface area contributed by atoms with E-state index in [0.717, 1.165) is 36.2 Å². The molecule has 2 heteroatoms. The third-order valence-corrected chi connectivity index (χ3v) is 3.19. The Morgan fingerprint density at radius 3 is 2.94 bits per heavy atom. The first kappa shape index (κ1) is 11.3. The Balaban J connectivity index is 2.09. The summed E-state index contributed by atoms with van der Waals surface area (Å²) in [6.07, 6.45) is 7.40. The Hall–Kier alpha value is -1.18. The third-order valence-electron chi connectivity index (χ3n) is 3.19. The fourth-order valence-electron chi connectivity index (χ4n) is 2.24. The molecule has 0 saturated heterocycles. The number of carbonyl (C=O) groups excluding carboxylic acids is 1. The predicted molar refractivity (Wildman–Crippen MR) is 64.7 cm³/mol. The van der Waals surface area contributed by atoms with Crippen LogP contribution < -0.4 is 0 Å². The number of aryl methyl sites for hydroxylation is 2. The van der Waals surface area contributed by atoms with Gasteiger partial charge >= 0.3 is 0 Å². The average molecular weight is 217 g/mol. The minimum absolute atomic E-state index is 0.272. The quantitative estimate of drug-likeness (QED) is 0.724. The molecule has 0 radical (unpaired) electrons. The van der Waals surface area contributed by atoms with E-state index in [4.69, 9.17) is 0 Å². The van der Waals surface area contributed by atoms with Crippen molar-refractivity contribution in [3.8, 4) is 0 Å². The number of ketones is 1. The minimum Gasteiger partial charge on any atom is -0.294 e. The molecule has 1 aliphatic rings. The van der Waals surface area contributed by atoms with Gasteiger partial charge in [-0.15, -0.1) is 0 Å². The van der Waals surface area contributed by atoms with Crippen molar-refractivity contribution in [1.29, 1.82) is 0 Å². The molecule has 2 rings (SSSR count). The number of hydrogen-bond acceptors (Lipinski definition) is 2. The summed E-state index contributed by atoms with van der Waals surface area (Å²) in [5.41, 5.74) is 3.05. The molecule has 0 atom stereocenters. The Kier molecular flexibility index (Phi) is 3.70. The minimum atomic E-state index is 0.272. The van der Waals surface area contributed by atoms with Crippen LogP contribution in [-0.2, 0) is 12.8 Å². The highest BCUT2D eigenvalue weighted by Crippen LogP contribution is 2.20. The van der Waals surface area contributed by atoms with Gasteiger partial charge in [-0.05, 0) is 37.8 Å². The van der Waals surface area contributed by atoms with Crippen LogP contribution in [-0.4, -0.2) is 10.8 Å². The summed E-state index contributed by atoms with van der Waals surface area (Å²) in [7, 11) is 0. The molecule has 0 fully saturated rings. The number of Topliss-reactive ketones (excluding diaryl/α,β-unsaturated/α-hetero) is 1. The zero-order valence-electron chi connectivity index (χ0n) is 9.96. The maximum absolute atomic E-state index is 11.6. The second-order valence-corrected chi connectivity index (χ2v) is 4.53. The SMILES string of the molecule is CCCCCc1ccc2c(n1)CCCC2=O. The average Bonchev–Trinajstić information content (AvgIpc) is 2.30. The molecule has 0 saturated carbocycles. The molecule has 0 N–H and O–H groups in total. The second-order valence-electron chi connectivity index (χ2n) is 4.53. The van der Waals surface area contributed by atoms with Crippen molar-refractivity contribution in [2.75, 3.05) is 0 Å². The summed E-state index contributed by atoms with van der Waals surface area (Å²) in [4.78, 5) is 16.2. The van der Waals surface area contributed by atoms with Gasteiger partial charge in [-0.2, -0.15) is 0 Å². The fraction of sp³-hybridized carbons (Fsp3) is 0.571. The molecular formula is C14H19NO. The van der Waals surface area contributed by atoms with E-state index >= 15 is 0 Å². The second kappa shape index (κ2) is 5.24. The number of rotatable bonds is 4. The molecule has 1 aromatic heterocycles. The highest BCUT2D eigenvalue weighted by Gasteiger charge is 2.18. The maximum atomic E-state index is 11.6. The van der Waals surface area contributed by atoms with E-state index in [1.807, 2.05) is 12.1 Å². The van der Waals surface area contributed by atoms with Gasteiger partial charge < -0.3 is 0 Å². The molecule has 0 amide bonds. The van der Waals surface area contributed by atoms with Crippen molar-refractivity contribution in [2.24, 2.45) is 0 Å². The Bertz CT molecular complexity index is 384. The van der Waals surface area contributed by atoms with Crippen LogP contribution in [0.2, 0.25) is 0 Å². The van der Waals surface area contributed by atoms with Gasteiger partial charge in [0.05, 0.1) is 5.69 Å². The van der Waals surface area contributed by atoms with Crippen LogP contribution in [0.5, 0.6) is 0 Å². The molecule has 1 aliphatic carbocycles. The number of hydrogen-bond donors (Lipinski definition) is 0. The Morgan fingerprint density at radius 2 is 2.12 bits per heavy atom. The van der Waals surface area contributed by atoms with Crippen LogP contribution in [0.25, 0.3) is 0 Å². The van der Waals surface area contributed by atoms with Crippen molar-refractivity contribution in [3.05, 3.63) is 29.1 Å². The molecule has 0 bridgehead atoms. The fourth-order valence-corrected chi connectivity index (χ4v) is 2.24. The lowest BCUT2D eigenvalue weighted by atomic mass is 9.94. The lowest BCUT2D eigenvalue weighted by Gasteiger charge is -2.14. The molecular weight excluding hydrogens is 198 g/mol. The number of aromatic nitrogens is 1. The molecule has 0 aromatic carbocycles. The molecule has 1 heterocycles. The zero-order chi connectivity index (χ0) is 11.4. The van der Waals surface area contributed by atoms with E-state index in [1.165, 1.54) is 19.3 Å². The largest absolute Gasteiger partial charge is 0.294 e. The number of nitrogens with zero attached hydrogens (tertiary/aromatic N) is 1. The first-order chi connectivity index (χ1) is 7.81. The standard InChI is InChI=1S/C14H19NO/c1-2-3-4-6-11-9-10-12-13(15-11)7-5-8-14(12)16/h9-10H,2-8H2,1H3. The van der Waals surface area contributed by atoms with Gasteiger partial charge in [0, 0.05) is 17.7 Å². The van der Waals surface area contributed by atoms with Crippen molar-refractivity contribution in [2.45, 2.75) is 51.9 Å². The van der Waals surface area contributed by atoms with Crippen molar-refractivity contribution < 1.29 is 4.79 Å². The van der Waals surface area contributed by atoms with Gasteiger partial charge in [0.2, 0.25) is 0 Å². The molecule has 0 unspecified atom stereocenters. The topological polar surface area (TPSA) is 30.0 Å². The highest BCUT2D eigenvalue weighted by molar-refractivity contribution is 5.97. The van der Waals surface area contributed by atoms with Crippen LogP contribution in [0.15, 0.2) is 12.1 Å². The maximum Gasteiger partial charge on any atom is 0.164 e. The number of unbranched alkanes of at least 4 members (excludes halogenated alkanes) is 2. The van der Waals surface area contributed by atoms with Crippen LogP contribution in [0.1, 0.15) is 60.8 Å². The molecule has 86 valence electrons. The smallest absolute Gasteiger partial charge is 0.164 e. The van der Waals surface area contributed by atoms with E-state index in [2.05, 4.69) is 11.9 Å². The lowest BCUT2D eigenvalue weighted by Crippen LogP contribution is -2.13. The van der Waals surface area contributed by atoms with Gasteiger partial charge in [-0.25, -0.2) is 0 Å². The van der Waals surface area contributed by atoms with E-state index in [1.54, 1.807) is 0 Å². The van der Waals surface area contributed by atoms with Crippen molar-refractivity contribution in [1.82, 2.24) is 4.98 Å². The summed E-state index contributed by atoms with van der Waals surface area (Å²) in [6, 6.07) is 4.00. The normalized spacial score (nSPS) is 14.9. The molecule has 0 spiro atoms. The molecule has 0 aliphatic heterocycles. The predicted octanol–water partition coefficient (Wildman–Crippen LogP) is 3.33. The van der Waals surface area contributed by atoms with Crippen molar-refractivity contribution in [3.63, 3.8) is 0 Å². The van der Waals surface area contributed by atoms with E-state index in [9.17, 15) is 4.79 Å². The van der Waals surface area contributed by atoms with E-state index < -0.39 is 0 Å². The molecule has 1 aromatic rings. The summed E-state index contributed by atoms with van der Waals surface area (Å²) in [6.45, 7) is 2.21. The van der Waals surface area contributed by atoms with Crippen LogP contribution in [0.4, 0.5) is 0 Å². The van der Waals surface area contributed by atoms with Crippen LogP contribution in [0, 0.1) is 0 Å². The monoisotopic (exact) mass is 217 g/mol. The van der Waals surface area contributed by atoms with Crippen LogP contribution in [0.3, 0.4) is 0 Å². The Labute approximate surface area is 97.1 Å². The first-order valence-corrected chi connectivity index (χ1v) is 6.33. The van der Waals surface area contributed by atoms with Gasteiger partial charge in [-0.1, -0.05) is 19.8 Å². The third kappa shape index (κ3) is 2.49. The lowest BCUT2D eigenvalue weighted by molar-refractivity contribution is 0.0971. The van der Waals surface area contributed by atoms with Gasteiger partial charge in [0.15, 0.2) is 5.78 Å². The van der Waals surface area contributed by atoms with E-state index in [0.29, 0.717) is 6.42 Å². The number of fused-ring (bicyclic) bond motifs is 1. The van der Waals surface area contributed by atoms with E-state index in [-0.39, 0.29) is 5.78 Å².